The van der Waals surface area contributed by atoms with E-state index in [0.717, 1.165) is 6.07 Å². The van der Waals surface area contributed by atoms with E-state index in [1.807, 2.05) is 0 Å². The fourth-order valence-corrected chi connectivity index (χ4v) is 1.70. The van der Waals surface area contributed by atoms with Crippen molar-refractivity contribution in [2.75, 3.05) is 25.6 Å². The van der Waals surface area contributed by atoms with Crippen LogP contribution < -0.4 is 4.90 Å². The lowest BCUT2D eigenvalue weighted by molar-refractivity contribution is -0.385. The van der Waals surface area contributed by atoms with E-state index in [4.69, 9.17) is 0 Å². The smallest absolute Gasteiger partial charge is 0.310 e. The minimum atomic E-state index is -0.700. The van der Waals surface area contributed by atoms with E-state index in [9.17, 15) is 19.3 Å². The van der Waals surface area contributed by atoms with Gasteiger partial charge in [-0.2, -0.15) is 0 Å². The Morgan fingerprint density at radius 1 is 1.58 bits per heavy atom. The molecule has 7 heteroatoms. The van der Waals surface area contributed by atoms with E-state index in [1.54, 1.807) is 14.0 Å². The average Bonchev–Trinajstić information content (AvgIpc) is 2.37. The van der Waals surface area contributed by atoms with Crippen LogP contribution in [0.2, 0.25) is 0 Å². The molecule has 19 heavy (non-hydrogen) atoms. The molecular weight excluding hydrogens is 255 g/mol. The van der Waals surface area contributed by atoms with Crippen molar-refractivity contribution in [2.24, 2.45) is 5.92 Å². The Kier molecular flexibility index (Phi) is 4.80. The molecule has 0 heterocycles. The number of nitro groups is 1. The molecule has 0 fully saturated rings. The summed E-state index contributed by atoms with van der Waals surface area (Å²) in [6.07, 6.45) is 0. The van der Waals surface area contributed by atoms with Gasteiger partial charge in [-0.3, -0.25) is 14.9 Å². The Labute approximate surface area is 109 Å². The molecule has 0 bridgehead atoms. The SMILES string of the molecule is COC(=O)C(C)CN(C)c1ccc([N+](=O)[O-])cc1F. The van der Waals surface area contributed by atoms with Crippen LogP contribution >= 0.6 is 0 Å². The number of hydrogen-bond donors (Lipinski definition) is 0. The summed E-state index contributed by atoms with van der Waals surface area (Å²) in [5.41, 5.74) is -0.114. The maximum Gasteiger partial charge on any atom is 0.310 e. The Morgan fingerprint density at radius 3 is 2.68 bits per heavy atom. The molecule has 0 amide bonds. The third kappa shape index (κ3) is 3.64. The first-order chi connectivity index (χ1) is 8.86. The van der Waals surface area contributed by atoms with Crippen LogP contribution in [0.3, 0.4) is 0 Å². The predicted octanol–water partition coefficient (Wildman–Crippen LogP) is 1.98. The molecule has 0 aromatic heterocycles. The Balaban J connectivity index is 2.85. The summed E-state index contributed by atoms with van der Waals surface area (Å²) in [7, 11) is 2.88. The average molecular weight is 270 g/mol. The molecule has 1 atom stereocenters. The number of anilines is 1. The van der Waals surface area contributed by atoms with E-state index in [2.05, 4.69) is 4.74 Å². The minimum Gasteiger partial charge on any atom is -0.469 e. The molecule has 0 aliphatic carbocycles. The van der Waals surface area contributed by atoms with Crippen molar-refractivity contribution < 1.29 is 18.8 Å². The van der Waals surface area contributed by atoms with Gasteiger partial charge in [-0.05, 0) is 6.07 Å². The van der Waals surface area contributed by atoms with Crippen LogP contribution in [0.5, 0.6) is 0 Å². The van der Waals surface area contributed by atoms with Gasteiger partial charge in [-0.15, -0.1) is 0 Å². The molecule has 0 aliphatic rings. The van der Waals surface area contributed by atoms with Gasteiger partial charge in [0.25, 0.3) is 5.69 Å². The van der Waals surface area contributed by atoms with Crippen molar-refractivity contribution in [3.05, 3.63) is 34.1 Å². The number of methoxy groups -OCH3 is 1. The van der Waals surface area contributed by atoms with Gasteiger partial charge in [0.05, 0.1) is 29.7 Å². The Morgan fingerprint density at radius 2 is 2.21 bits per heavy atom. The lowest BCUT2D eigenvalue weighted by Gasteiger charge is -2.22. The zero-order valence-corrected chi connectivity index (χ0v) is 10.9. The number of benzene rings is 1. The molecule has 1 unspecified atom stereocenters. The second-order valence-corrected chi connectivity index (χ2v) is 4.20. The van der Waals surface area contributed by atoms with E-state index >= 15 is 0 Å². The number of carbonyl (C=O) groups is 1. The standard InChI is InChI=1S/C12H15FN2O4/c1-8(12(16)19-3)7-14(2)11-5-4-9(15(17)18)6-10(11)13/h4-6,8H,7H2,1-3H3. The highest BCUT2D eigenvalue weighted by atomic mass is 19.1. The third-order valence-corrected chi connectivity index (χ3v) is 2.70. The number of halogens is 1. The summed E-state index contributed by atoms with van der Waals surface area (Å²) >= 11 is 0. The van der Waals surface area contributed by atoms with Crippen LogP contribution in [0.25, 0.3) is 0 Å². The number of nitrogens with zero attached hydrogens (tertiary/aromatic N) is 2. The Hall–Kier alpha value is -2.18. The van der Waals surface area contributed by atoms with Gasteiger partial charge in [-0.25, -0.2) is 4.39 Å². The van der Waals surface area contributed by atoms with E-state index in [0.29, 0.717) is 0 Å². The fraction of sp³-hybridized carbons (Fsp3) is 0.417. The highest BCUT2D eigenvalue weighted by Gasteiger charge is 2.19. The van der Waals surface area contributed by atoms with Crippen LogP contribution in [0.4, 0.5) is 15.8 Å². The molecule has 0 radical (unpaired) electrons. The molecule has 1 aromatic rings. The van der Waals surface area contributed by atoms with Crippen molar-refractivity contribution in [3.63, 3.8) is 0 Å². The number of ether oxygens (including phenoxy) is 1. The first-order valence-electron chi connectivity index (χ1n) is 5.59. The van der Waals surface area contributed by atoms with Crippen molar-refractivity contribution in [2.45, 2.75) is 6.92 Å². The quantitative estimate of drug-likeness (QED) is 0.464. The van der Waals surface area contributed by atoms with Crippen molar-refractivity contribution in [1.82, 2.24) is 0 Å². The number of rotatable bonds is 5. The summed E-state index contributed by atoms with van der Waals surface area (Å²) in [6, 6.07) is 3.39. The highest BCUT2D eigenvalue weighted by Crippen LogP contribution is 2.23. The largest absolute Gasteiger partial charge is 0.469 e. The van der Waals surface area contributed by atoms with Crippen LogP contribution in [-0.4, -0.2) is 31.6 Å². The van der Waals surface area contributed by atoms with Crippen LogP contribution in [0.15, 0.2) is 18.2 Å². The molecule has 1 aromatic carbocycles. The molecule has 6 nitrogen and oxygen atoms in total. The van der Waals surface area contributed by atoms with Crippen LogP contribution in [0.1, 0.15) is 6.92 Å². The second-order valence-electron chi connectivity index (χ2n) is 4.20. The molecule has 104 valence electrons. The number of esters is 1. The van der Waals surface area contributed by atoms with Crippen molar-refractivity contribution >= 4 is 17.3 Å². The maximum atomic E-state index is 13.7. The lowest BCUT2D eigenvalue weighted by atomic mass is 10.1. The number of carbonyl (C=O) groups excluding carboxylic acids is 1. The lowest BCUT2D eigenvalue weighted by Crippen LogP contribution is -2.29. The molecule has 0 spiro atoms. The highest BCUT2D eigenvalue weighted by molar-refractivity contribution is 5.72. The Bertz CT molecular complexity index is 493. The molecule has 1 rings (SSSR count). The monoisotopic (exact) mass is 270 g/mol. The van der Waals surface area contributed by atoms with Gasteiger partial charge in [-0.1, -0.05) is 6.92 Å². The zero-order valence-electron chi connectivity index (χ0n) is 10.9. The topological polar surface area (TPSA) is 72.7 Å². The molecular formula is C12H15FN2O4. The summed E-state index contributed by atoms with van der Waals surface area (Å²) in [5, 5.41) is 10.5. The van der Waals surface area contributed by atoms with E-state index in [1.165, 1.54) is 24.1 Å². The zero-order chi connectivity index (χ0) is 14.6. The van der Waals surface area contributed by atoms with Gasteiger partial charge in [0.2, 0.25) is 0 Å². The summed E-state index contributed by atoms with van der Waals surface area (Å²) in [4.78, 5) is 22.6. The summed E-state index contributed by atoms with van der Waals surface area (Å²) < 4.78 is 18.3. The van der Waals surface area contributed by atoms with Crippen molar-refractivity contribution in [3.8, 4) is 0 Å². The second kappa shape index (κ2) is 6.12. The summed E-state index contributed by atoms with van der Waals surface area (Å²) in [6.45, 7) is 1.91. The van der Waals surface area contributed by atoms with Gasteiger partial charge >= 0.3 is 5.97 Å². The van der Waals surface area contributed by atoms with Gasteiger partial charge in [0, 0.05) is 19.7 Å². The molecule has 0 aliphatic heterocycles. The predicted molar refractivity (Wildman–Crippen MR) is 67.5 cm³/mol. The molecule has 0 saturated carbocycles. The molecule has 0 N–H and O–H groups in total. The first-order valence-corrected chi connectivity index (χ1v) is 5.59. The number of non-ortho nitro benzene ring substituents is 1. The number of nitro benzene ring substituents is 1. The van der Waals surface area contributed by atoms with E-state index in [-0.39, 0.29) is 17.9 Å². The van der Waals surface area contributed by atoms with Gasteiger partial charge in [0.1, 0.15) is 0 Å². The van der Waals surface area contributed by atoms with Crippen LogP contribution in [-0.2, 0) is 9.53 Å². The maximum absolute atomic E-state index is 13.7. The van der Waals surface area contributed by atoms with E-state index < -0.39 is 22.6 Å². The fourth-order valence-electron chi connectivity index (χ4n) is 1.70. The summed E-state index contributed by atoms with van der Waals surface area (Å²) in [5.74, 6) is -1.52. The van der Waals surface area contributed by atoms with Crippen molar-refractivity contribution in [1.29, 1.82) is 0 Å². The molecule has 0 saturated heterocycles. The third-order valence-electron chi connectivity index (χ3n) is 2.70. The van der Waals surface area contributed by atoms with Gasteiger partial charge in [0.15, 0.2) is 5.82 Å². The normalized spacial score (nSPS) is 11.8. The minimum absolute atomic E-state index is 0.196. The number of hydrogen-bond acceptors (Lipinski definition) is 5. The van der Waals surface area contributed by atoms with Crippen LogP contribution in [0, 0.1) is 21.8 Å². The first kappa shape index (κ1) is 14.9. The van der Waals surface area contributed by atoms with Gasteiger partial charge < -0.3 is 9.64 Å².